The van der Waals surface area contributed by atoms with Crippen LogP contribution in [-0.4, -0.2) is 61.0 Å². The number of carbonyl (C=O) groups excluding carboxylic acids is 1. The van der Waals surface area contributed by atoms with E-state index in [9.17, 15) is 4.79 Å². The van der Waals surface area contributed by atoms with Crippen LogP contribution in [0.15, 0.2) is 0 Å². The number of hydrogen-bond acceptors (Lipinski definition) is 3. The summed E-state index contributed by atoms with van der Waals surface area (Å²) in [5, 5.41) is 3.30. The van der Waals surface area contributed by atoms with Crippen molar-refractivity contribution in [2.45, 2.75) is 45.6 Å². The summed E-state index contributed by atoms with van der Waals surface area (Å²) >= 11 is 0. The molecule has 0 aromatic heterocycles. The quantitative estimate of drug-likeness (QED) is 0.816. The maximum absolute atomic E-state index is 12.4. The van der Waals surface area contributed by atoms with E-state index >= 15 is 0 Å². The molecule has 4 heteroatoms. The zero-order valence-corrected chi connectivity index (χ0v) is 12.5. The minimum Gasteiger partial charge on any atom is -0.339 e. The lowest BCUT2D eigenvalue weighted by molar-refractivity contribution is -0.133. The van der Waals surface area contributed by atoms with Crippen LogP contribution in [0, 0.1) is 5.92 Å². The molecule has 1 aliphatic heterocycles. The number of amides is 1. The van der Waals surface area contributed by atoms with E-state index in [1.165, 1.54) is 25.7 Å². The van der Waals surface area contributed by atoms with Crippen molar-refractivity contribution in [1.82, 2.24) is 15.1 Å². The lowest BCUT2D eigenvalue weighted by Gasteiger charge is -2.34. The van der Waals surface area contributed by atoms with Crippen LogP contribution in [0.4, 0.5) is 0 Å². The SMILES string of the molecule is CC(C)CN(CC(=O)N1CCNCC1)C1CCCC1. The third-order valence-corrected chi connectivity index (χ3v) is 4.25. The molecule has 2 aliphatic rings. The fourth-order valence-corrected chi connectivity index (χ4v) is 3.27. The molecule has 0 aromatic carbocycles. The van der Waals surface area contributed by atoms with Gasteiger partial charge >= 0.3 is 0 Å². The summed E-state index contributed by atoms with van der Waals surface area (Å²) in [6.45, 7) is 9.82. The van der Waals surface area contributed by atoms with Gasteiger partial charge in [0.15, 0.2) is 0 Å². The van der Waals surface area contributed by atoms with Crippen molar-refractivity contribution in [2.24, 2.45) is 5.92 Å². The number of hydrogen-bond donors (Lipinski definition) is 1. The van der Waals surface area contributed by atoms with Gasteiger partial charge < -0.3 is 10.2 Å². The number of nitrogens with one attached hydrogen (secondary N) is 1. The fraction of sp³-hybridized carbons (Fsp3) is 0.933. The van der Waals surface area contributed by atoms with Crippen LogP contribution in [0.2, 0.25) is 0 Å². The van der Waals surface area contributed by atoms with Crippen molar-refractivity contribution in [3.05, 3.63) is 0 Å². The first-order valence-corrected chi connectivity index (χ1v) is 7.89. The molecule has 19 heavy (non-hydrogen) atoms. The summed E-state index contributed by atoms with van der Waals surface area (Å²) in [6, 6.07) is 0.647. The zero-order chi connectivity index (χ0) is 13.7. The summed E-state index contributed by atoms with van der Waals surface area (Å²) in [5.74, 6) is 0.963. The fourth-order valence-electron chi connectivity index (χ4n) is 3.27. The Morgan fingerprint density at radius 2 is 1.89 bits per heavy atom. The second-order valence-electron chi connectivity index (χ2n) is 6.39. The highest BCUT2D eigenvalue weighted by atomic mass is 16.2. The Morgan fingerprint density at radius 3 is 2.47 bits per heavy atom. The van der Waals surface area contributed by atoms with Crippen LogP contribution in [0.25, 0.3) is 0 Å². The van der Waals surface area contributed by atoms with Gasteiger partial charge in [-0.25, -0.2) is 0 Å². The Bertz CT molecular complexity index is 281. The molecule has 1 saturated carbocycles. The first kappa shape index (κ1) is 14.8. The Balaban J connectivity index is 1.88. The highest BCUT2D eigenvalue weighted by Gasteiger charge is 2.26. The molecule has 1 heterocycles. The molecule has 4 nitrogen and oxygen atoms in total. The van der Waals surface area contributed by atoms with E-state index in [-0.39, 0.29) is 0 Å². The number of rotatable bonds is 5. The second-order valence-corrected chi connectivity index (χ2v) is 6.39. The van der Waals surface area contributed by atoms with Crippen LogP contribution in [-0.2, 0) is 4.79 Å². The molecule has 1 aliphatic carbocycles. The van der Waals surface area contributed by atoms with E-state index in [2.05, 4.69) is 24.1 Å². The first-order chi connectivity index (χ1) is 9.16. The summed E-state index contributed by atoms with van der Waals surface area (Å²) in [4.78, 5) is 16.9. The van der Waals surface area contributed by atoms with Gasteiger partial charge in [-0.05, 0) is 18.8 Å². The third kappa shape index (κ3) is 4.46. The van der Waals surface area contributed by atoms with Crippen LogP contribution < -0.4 is 5.32 Å². The van der Waals surface area contributed by atoms with Crippen LogP contribution in [0.3, 0.4) is 0 Å². The normalized spacial score (nSPS) is 21.6. The van der Waals surface area contributed by atoms with Crippen molar-refractivity contribution in [3.63, 3.8) is 0 Å². The van der Waals surface area contributed by atoms with Gasteiger partial charge in [0.05, 0.1) is 6.54 Å². The Kier molecular flexibility index (Phi) is 5.64. The lowest BCUT2D eigenvalue weighted by atomic mass is 10.1. The van der Waals surface area contributed by atoms with Crippen molar-refractivity contribution < 1.29 is 4.79 Å². The lowest BCUT2D eigenvalue weighted by Crippen LogP contribution is -2.51. The molecule has 2 fully saturated rings. The molecule has 110 valence electrons. The number of carbonyl (C=O) groups is 1. The molecule has 0 spiro atoms. The minimum atomic E-state index is 0.328. The second kappa shape index (κ2) is 7.25. The van der Waals surface area contributed by atoms with Gasteiger partial charge in [0.2, 0.25) is 5.91 Å². The molecule has 0 unspecified atom stereocenters. The smallest absolute Gasteiger partial charge is 0.236 e. The van der Waals surface area contributed by atoms with Crippen molar-refractivity contribution in [2.75, 3.05) is 39.3 Å². The van der Waals surface area contributed by atoms with E-state index in [0.29, 0.717) is 24.4 Å². The summed E-state index contributed by atoms with van der Waals surface area (Å²) in [7, 11) is 0. The molecule has 0 radical (unpaired) electrons. The largest absolute Gasteiger partial charge is 0.339 e. The molecule has 0 atom stereocenters. The number of piperazine rings is 1. The molecule has 2 rings (SSSR count). The maximum Gasteiger partial charge on any atom is 0.236 e. The topological polar surface area (TPSA) is 35.6 Å². The van der Waals surface area contributed by atoms with Gasteiger partial charge in [-0.2, -0.15) is 0 Å². The molecule has 1 saturated heterocycles. The van der Waals surface area contributed by atoms with Crippen molar-refractivity contribution in [1.29, 1.82) is 0 Å². The van der Waals surface area contributed by atoms with Gasteiger partial charge in [0.25, 0.3) is 0 Å². The number of nitrogens with zero attached hydrogens (tertiary/aromatic N) is 2. The van der Waals surface area contributed by atoms with Gasteiger partial charge in [-0.1, -0.05) is 26.7 Å². The monoisotopic (exact) mass is 267 g/mol. The van der Waals surface area contributed by atoms with E-state index in [1.54, 1.807) is 0 Å². The van der Waals surface area contributed by atoms with Gasteiger partial charge in [0.1, 0.15) is 0 Å². The van der Waals surface area contributed by atoms with Crippen LogP contribution in [0.5, 0.6) is 0 Å². The van der Waals surface area contributed by atoms with Gasteiger partial charge in [-0.3, -0.25) is 9.69 Å². The Hall–Kier alpha value is -0.610. The Labute approximate surface area is 117 Å². The molecule has 1 N–H and O–H groups in total. The standard InChI is InChI=1S/C15H29N3O/c1-13(2)11-18(14-5-3-4-6-14)12-15(19)17-9-7-16-8-10-17/h13-14,16H,3-12H2,1-2H3. The molecular weight excluding hydrogens is 238 g/mol. The molecule has 1 amide bonds. The van der Waals surface area contributed by atoms with Crippen molar-refractivity contribution >= 4 is 5.91 Å². The molecular formula is C15H29N3O. The van der Waals surface area contributed by atoms with E-state index in [1.807, 2.05) is 4.90 Å². The average Bonchev–Trinajstić information content (AvgIpc) is 2.92. The summed E-state index contributed by atoms with van der Waals surface area (Å²) in [6.07, 6.45) is 5.23. The van der Waals surface area contributed by atoms with E-state index in [4.69, 9.17) is 0 Å². The predicted molar refractivity (Wildman–Crippen MR) is 78.1 cm³/mol. The third-order valence-electron chi connectivity index (χ3n) is 4.25. The summed E-state index contributed by atoms with van der Waals surface area (Å²) in [5.41, 5.74) is 0. The van der Waals surface area contributed by atoms with Crippen LogP contribution in [0.1, 0.15) is 39.5 Å². The first-order valence-electron chi connectivity index (χ1n) is 7.89. The van der Waals surface area contributed by atoms with E-state index < -0.39 is 0 Å². The van der Waals surface area contributed by atoms with Crippen molar-refractivity contribution in [3.8, 4) is 0 Å². The molecule has 0 aromatic rings. The highest BCUT2D eigenvalue weighted by molar-refractivity contribution is 5.78. The summed E-state index contributed by atoms with van der Waals surface area (Å²) < 4.78 is 0. The van der Waals surface area contributed by atoms with Gasteiger partial charge in [0, 0.05) is 38.8 Å². The van der Waals surface area contributed by atoms with E-state index in [0.717, 1.165) is 32.7 Å². The maximum atomic E-state index is 12.4. The van der Waals surface area contributed by atoms with Gasteiger partial charge in [-0.15, -0.1) is 0 Å². The Morgan fingerprint density at radius 1 is 1.26 bits per heavy atom. The van der Waals surface area contributed by atoms with Crippen LogP contribution >= 0.6 is 0 Å². The minimum absolute atomic E-state index is 0.328. The predicted octanol–water partition coefficient (Wildman–Crippen LogP) is 1.32. The zero-order valence-electron chi connectivity index (χ0n) is 12.5. The highest BCUT2D eigenvalue weighted by Crippen LogP contribution is 2.24. The average molecular weight is 267 g/mol. The molecule has 0 bridgehead atoms.